The van der Waals surface area contributed by atoms with Gasteiger partial charge in [0.15, 0.2) is 6.10 Å². The summed E-state index contributed by atoms with van der Waals surface area (Å²) in [4.78, 5) is 48.8. The van der Waals surface area contributed by atoms with E-state index in [9.17, 15) is 28.9 Å². The van der Waals surface area contributed by atoms with Gasteiger partial charge in [-0.1, -0.05) is 269 Å². The molecule has 11 nitrogen and oxygen atoms in total. The summed E-state index contributed by atoms with van der Waals surface area (Å²) in [6.07, 6.45) is 65.2. The molecule has 0 spiro atoms. The predicted octanol–water partition coefficient (Wildman–Crippen LogP) is 19.9. The number of phosphoric ester groups is 1. The fraction of sp³-hybridized carbons (Fsp3) is 0.864. The number of aliphatic hydroxyl groups is 1. The number of allylic oxidation sites excluding steroid dienone is 6. The summed E-state index contributed by atoms with van der Waals surface area (Å²) >= 11 is 0. The lowest BCUT2D eigenvalue weighted by molar-refractivity contribution is -0.161. The van der Waals surface area contributed by atoms with Crippen LogP contribution in [0.25, 0.3) is 0 Å². The molecule has 3 atom stereocenters. The van der Waals surface area contributed by atoms with Crippen molar-refractivity contribution in [2.24, 2.45) is 0 Å². The highest BCUT2D eigenvalue weighted by molar-refractivity contribution is 7.47. The average Bonchev–Trinajstić information content (AvgIpc) is 3.43. The van der Waals surface area contributed by atoms with E-state index < -0.39 is 57.8 Å². The Morgan fingerprint density at radius 2 is 0.628 bits per heavy atom. The van der Waals surface area contributed by atoms with Crippen LogP contribution in [0.1, 0.15) is 329 Å². The van der Waals surface area contributed by atoms with Gasteiger partial charge in [-0.15, -0.1) is 0 Å². The number of aliphatic hydroxyl groups excluding tert-OH is 1. The standard InChI is InChI=1S/C66H123O11P/c1-4-7-10-13-16-19-22-25-28-30-31-33-36-39-42-45-48-51-54-57-66(70)77-63(59-73-64(68)55-52-49-46-43-40-37-35-32-29-26-23-20-17-14-11-8-5-2)61-75-78(71,72)74-60-62(58-67)76-65(69)56-53-50-47-44-41-38-34-27-24-21-18-15-12-9-6-3/h16,19,25,27-28,34,62-63,67H,4-15,17-18,20-24,26,29-33,35-61H2,1-3H3,(H,71,72)/b19-16-,28-25-,34-27-. The van der Waals surface area contributed by atoms with Gasteiger partial charge in [0.05, 0.1) is 19.8 Å². The van der Waals surface area contributed by atoms with E-state index in [1.54, 1.807) is 0 Å². The molecule has 2 N–H and O–H groups in total. The minimum absolute atomic E-state index is 0.166. The van der Waals surface area contributed by atoms with Gasteiger partial charge in [0, 0.05) is 19.3 Å². The topological polar surface area (TPSA) is 155 Å². The third-order valence-corrected chi connectivity index (χ3v) is 15.5. The van der Waals surface area contributed by atoms with Crippen LogP contribution in [0.5, 0.6) is 0 Å². The fourth-order valence-electron chi connectivity index (χ4n) is 9.50. The van der Waals surface area contributed by atoms with Crippen LogP contribution < -0.4 is 0 Å². The maximum absolute atomic E-state index is 13.0. The van der Waals surface area contributed by atoms with Gasteiger partial charge < -0.3 is 24.2 Å². The van der Waals surface area contributed by atoms with E-state index >= 15 is 0 Å². The zero-order chi connectivity index (χ0) is 56.9. The number of unbranched alkanes of at least 4 members (excludes halogenated alkanes) is 39. The molecule has 0 aromatic carbocycles. The summed E-state index contributed by atoms with van der Waals surface area (Å²) in [6.45, 7) is 4.68. The average molecular weight is 1120 g/mol. The van der Waals surface area contributed by atoms with Crippen LogP contribution in [0, 0.1) is 0 Å². The molecule has 0 aliphatic heterocycles. The molecule has 12 heteroatoms. The molecule has 0 saturated carbocycles. The van der Waals surface area contributed by atoms with E-state index in [4.69, 9.17) is 23.3 Å². The molecule has 0 saturated heterocycles. The lowest BCUT2D eigenvalue weighted by Gasteiger charge is -2.21. The van der Waals surface area contributed by atoms with E-state index in [2.05, 4.69) is 57.2 Å². The Morgan fingerprint density at radius 3 is 0.987 bits per heavy atom. The SMILES string of the molecule is CCCCC/C=C\C/C=C\CCCCCCCCCCCC(=O)OC(COC(=O)CCCCCCCCCCCCCCCCCCC)COP(=O)(O)OCC(CO)OC(=O)CCCCCCC/C=C\CCCCCCCC. The van der Waals surface area contributed by atoms with Crippen molar-refractivity contribution < 1.29 is 52.2 Å². The second-order valence-electron chi connectivity index (χ2n) is 22.3. The largest absolute Gasteiger partial charge is 0.472 e. The van der Waals surface area contributed by atoms with Crippen LogP contribution >= 0.6 is 7.82 Å². The highest BCUT2D eigenvalue weighted by Crippen LogP contribution is 2.43. The molecule has 0 rings (SSSR count). The summed E-state index contributed by atoms with van der Waals surface area (Å²) in [7, 11) is -4.75. The minimum atomic E-state index is -4.75. The van der Waals surface area contributed by atoms with Crippen LogP contribution in [-0.2, 0) is 42.2 Å². The molecule has 0 aromatic heterocycles. The van der Waals surface area contributed by atoms with Crippen LogP contribution in [0.2, 0.25) is 0 Å². The van der Waals surface area contributed by atoms with Crippen molar-refractivity contribution in [1.29, 1.82) is 0 Å². The van der Waals surface area contributed by atoms with Gasteiger partial charge in [-0.05, 0) is 77.0 Å². The molecule has 0 fully saturated rings. The Bertz CT molecular complexity index is 1450. The number of phosphoric acid groups is 1. The molecule has 0 bridgehead atoms. The Balaban J connectivity index is 4.68. The quantitative estimate of drug-likeness (QED) is 0.0197. The van der Waals surface area contributed by atoms with Gasteiger partial charge in [0.2, 0.25) is 0 Å². The van der Waals surface area contributed by atoms with Gasteiger partial charge in [-0.25, -0.2) is 4.57 Å². The molecule has 0 heterocycles. The number of hydrogen-bond acceptors (Lipinski definition) is 10. The molecule has 0 amide bonds. The molecule has 0 aliphatic carbocycles. The number of rotatable bonds is 62. The second kappa shape index (κ2) is 60.8. The first-order valence-corrected chi connectivity index (χ1v) is 34.4. The number of carbonyl (C=O) groups is 3. The summed E-state index contributed by atoms with van der Waals surface area (Å²) in [5.74, 6) is -1.45. The highest BCUT2D eigenvalue weighted by Gasteiger charge is 2.28. The van der Waals surface area contributed by atoms with Gasteiger partial charge in [0.1, 0.15) is 12.7 Å². The summed E-state index contributed by atoms with van der Waals surface area (Å²) in [5, 5.41) is 9.85. The maximum Gasteiger partial charge on any atom is 0.472 e. The summed E-state index contributed by atoms with van der Waals surface area (Å²) in [5.41, 5.74) is 0. The summed E-state index contributed by atoms with van der Waals surface area (Å²) < 4.78 is 39.7. The third kappa shape index (κ3) is 58.4. The third-order valence-electron chi connectivity index (χ3n) is 14.5. The highest BCUT2D eigenvalue weighted by atomic mass is 31.2. The van der Waals surface area contributed by atoms with Crippen LogP contribution in [0.15, 0.2) is 36.5 Å². The molecule has 3 unspecified atom stereocenters. The lowest BCUT2D eigenvalue weighted by atomic mass is 10.0. The molecule has 458 valence electrons. The number of ether oxygens (including phenoxy) is 3. The Hall–Kier alpha value is -2.30. The zero-order valence-corrected chi connectivity index (χ0v) is 51.8. The van der Waals surface area contributed by atoms with Crippen molar-refractivity contribution in [3.05, 3.63) is 36.5 Å². The normalized spacial score (nSPS) is 13.4. The van der Waals surface area contributed by atoms with Gasteiger partial charge >= 0.3 is 25.7 Å². The van der Waals surface area contributed by atoms with Crippen LogP contribution in [0.3, 0.4) is 0 Å². The zero-order valence-electron chi connectivity index (χ0n) is 50.9. The van der Waals surface area contributed by atoms with Crippen molar-refractivity contribution in [3.63, 3.8) is 0 Å². The first-order valence-electron chi connectivity index (χ1n) is 32.9. The Labute approximate surface area is 480 Å². The van der Waals surface area contributed by atoms with E-state index in [-0.39, 0.29) is 25.9 Å². The molecule has 0 aliphatic rings. The van der Waals surface area contributed by atoms with Gasteiger partial charge in [-0.3, -0.25) is 23.4 Å². The van der Waals surface area contributed by atoms with E-state index in [0.717, 1.165) is 89.9 Å². The van der Waals surface area contributed by atoms with Crippen LogP contribution in [-0.4, -0.2) is 66.5 Å². The maximum atomic E-state index is 13.0. The van der Waals surface area contributed by atoms with Crippen molar-refractivity contribution in [3.8, 4) is 0 Å². The summed E-state index contributed by atoms with van der Waals surface area (Å²) in [6, 6.07) is 0. The van der Waals surface area contributed by atoms with Crippen LogP contribution in [0.4, 0.5) is 0 Å². The number of esters is 3. The fourth-order valence-corrected chi connectivity index (χ4v) is 10.3. The van der Waals surface area contributed by atoms with Crippen molar-refractivity contribution in [2.45, 2.75) is 341 Å². The lowest BCUT2D eigenvalue weighted by Crippen LogP contribution is -2.30. The Kier molecular flexibility index (Phi) is 59.0. The van der Waals surface area contributed by atoms with Crippen molar-refractivity contribution >= 4 is 25.7 Å². The van der Waals surface area contributed by atoms with E-state index in [1.165, 1.54) is 180 Å². The predicted molar refractivity (Wildman–Crippen MR) is 326 cm³/mol. The van der Waals surface area contributed by atoms with Crippen molar-refractivity contribution in [1.82, 2.24) is 0 Å². The number of carbonyl (C=O) groups excluding carboxylic acids is 3. The molecular formula is C66H123O11P. The molecule has 0 aromatic rings. The number of hydrogen-bond donors (Lipinski definition) is 2. The van der Waals surface area contributed by atoms with Crippen molar-refractivity contribution in [2.75, 3.05) is 26.4 Å². The first-order chi connectivity index (χ1) is 38.2. The minimum Gasteiger partial charge on any atom is -0.462 e. The first kappa shape index (κ1) is 75.7. The van der Waals surface area contributed by atoms with Gasteiger partial charge in [-0.2, -0.15) is 0 Å². The smallest absolute Gasteiger partial charge is 0.462 e. The molecule has 0 radical (unpaired) electrons. The van der Waals surface area contributed by atoms with E-state index in [1.807, 2.05) is 0 Å². The van der Waals surface area contributed by atoms with E-state index in [0.29, 0.717) is 19.3 Å². The monoisotopic (exact) mass is 1120 g/mol. The second-order valence-corrected chi connectivity index (χ2v) is 23.7. The van der Waals surface area contributed by atoms with Gasteiger partial charge in [0.25, 0.3) is 0 Å². The Morgan fingerprint density at radius 1 is 0.359 bits per heavy atom. The molecular weight excluding hydrogens is 1000 g/mol. The molecule has 78 heavy (non-hydrogen) atoms.